The Bertz CT molecular complexity index is 672. The van der Waals surface area contributed by atoms with Crippen molar-refractivity contribution < 1.29 is 0 Å². The van der Waals surface area contributed by atoms with Crippen LogP contribution in [0.25, 0.3) is 5.57 Å². The predicted octanol–water partition coefficient (Wildman–Crippen LogP) is 4.31. The zero-order valence-corrected chi connectivity index (χ0v) is 14.4. The first kappa shape index (κ1) is 15.4. The van der Waals surface area contributed by atoms with E-state index in [1.165, 1.54) is 21.6 Å². The fourth-order valence-electron chi connectivity index (χ4n) is 2.90. The molecule has 0 fully saturated rings. The van der Waals surface area contributed by atoms with E-state index in [2.05, 4.69) is 59.5 Å². The van der Waals surface area contributed by atoms with Crippen LogP contribution in [0.15, 0.2) is 39.4 Å². The van der Waals surface area contributed by atoms with Gasteiger partial charge >= 0.3 is 0 Å². The Morgan fingerprint density at radius 1 is 1.18 bits per heavy atom. The minimum atomic E-state index is 0.907. The summed E-state index contributed by atoms with van der Waals surface area (Å²) in [6, 6.07) is 2.26. The lowest BCUT2D eigenvalue weighted by Gasteiger charge is -2.18. The van der Waals surface area contributed by atoms with Crippen molar-refractivity contribution in [1.82, 2.24) is 4.90 Å². The van der Waals surface area contributed by atoms with E-state index in [0.717, 1.165) is 43.9 Å². The first-order valence-corrected chi connectivity index (χ1v) is 8.92. The minimum absolute atomic E-state index is 0.907. The van der Waals surface area contributed by atoms with Gasteiger partial charge in [-0.3, -0.25) is 0 Å². The van der Waals surface area contributed by atoms with Crippen molar-refractivity contribution in [3.8, 4) is 0 Å². The van der Waals surface area contributed by atoms with Crippen molar-refractivity contribution in [2.24, 2.45) is 10.2 Å². The van der Waals surface area contributed by atoms with Gasteiger partial charge in [-0.05, 0) is 42.6 Å². The Kier molecular flexibility index (Phi) is 4.69. The number of aryl methyl sites for hydroxylation is 1. The van der Waals surface area contributed by atoms with E-state index >= 15 is 0 Å². The second-order valence-electron chi connectivity index (χ2n) is 5.81. The highest BCUT2D eigenvalue weighted by Crippen LogP contribution is 2.32. The first-order valence-electron chi connectivity index (χ1n) is 8.04. The van der Waals surface area contributed by atoms with Gasteiger partial charge in [0.15, 0.2) is 0 Å². The molecule has 2 heterocycles. The van der Waals surface area contributed by atoms with Crippen LogP contribution in [0.5, 0.6) is 0 Å². The molecule has 22 heavy (non-hydrogen) atoms. The number of allylic oxidation sites excluding steroid dienone is 4. The maximum atomic E-state index is 4.43. The normalized spacial score (nSPS) is 17.1. The van der Waals surface area contributed by atoms with Crippen LogP contribution in [0.1, 0.15) is 37.1 Å². The Hall–Kier alpha value is -1.52. The van der Waals surface area contributed by atoms with Crippen LogP contribution >= 0.6 is 11.3 Å². The summed E-state index contributed by atoms with van der Waals surface area (Å²) in [5.74, 6) is 0. The topological polar surface area (TPSA) is 28.0 Å². The second-order valence-corrected chi connectivity index (χ2v) is 6.72. The fourth-order valence-corrected chi connectivity index (χ4v) is 3.83. The largest absolute Gasteiger partial charge is 0.303 e. The molecule has 0 saturated carbocycles. The van der Waals surface area contributed by atoms with Crippen LogP contribution in [-0.4, -0.2) is 36.0 Å². The average Bonchev–Trinajstić information content (AvgIpc) is 3.14. The lowest BCUT2D eigenvalue weighted by molar-refractivity contribution is 0.313. The van der Waals surface area contributed by atoms with Crippen molar-refractivity contribution in [3.63, 3.8) is 0 Å². The number of rotatable bonds is 6. The number of nitrogens with zero attached hydrogens (tertiary/aromatic N) is 3. The summed E-state index contributed by atoms with van der Waals surface area (Å²) in [5, 5.41) is 11.1. The van der Waals surface area contributed by atoms with E-state index in [4.69, 9.17) is 0 Å². The number of hydrogen-bond acceptors (Lipinski definition) is 4. The van der Waals surface area contributed by atoms with Gasteiger partial charge in [-0.15, -0.1) is 11.3 Å². The third kappa shape index (κ3) is 3.13. The number of fused-ring (bicyclic) bond motifs is 1. The van der Waals surface area contributed by atoms with Crippen molar-refractivity contribution in [2.45, 2.75) is 33.6 Å². The highest BCUT2D eigenvalue weighted by Gasteiger charge is 2.24. The predicted molar refractivity (Wildman–Crippen MR) is 97.0 cm³/mol. The molecular formula is C18H23N3S. The molecule has 0 saturated heterocycles. The summed E-state index contributed by atoms with van der Waals surface area (Å²) in [4.78, 5) is 3.78. The Labute approximate surface area is 136 Å². The van der Waals surface area contributed by atoms with Crippen molar-refractivity contribution >= 4 is 28.3 Å². The molecule has 116 valence electrons. The highest BCUT2D eigenvalue weighted by atomic mass is 32.1. The van der Waals surface area contributed by atoms with Crippen LogP contribution < -0.4 is 0 Å². The molecule has 1 aromatic heterocycles. The molecule has 2 aliphatic rings. The molecule has 0 bridgehead atoms. The van der Waals surface area contributed by atoms with Crippen LogP contribution in [0.3, 0.4) is 0 Å². The van der Waals surface area contributed by atoms with Gasteiger partial charge in [0.25, 0.3) is 0 Å². The summed E-state index contributed by atoms with van der Waals surface area (Å²) in [6.45, 7) is 9.81. The first-order chi connectivity index (χ1) is 10.7. The van der Waals surface area contributed by atoms with Crippen LogP contribution in [-0.2, 0) is 0 Å². The molecule has 3 rings (SSSR count). The molecule has 0 radical (unpaired) electrons. The molecule has 0 aromatic carbocycles. The van der Waals surface area contributed by atoms with Crippen LogP contribution in [0, 0.1) is 6.92 Å². The molecule has 0 amide bonds. The maximum Gasteiger partial charge on any atom is 0.0766 e. The van der Waals surface area contributed by atoms with Gasteiger partial charge in [-0.2, -0.15) is 10.2 Å². The Morgan fingerprint density at radius 3 is 2.68 bits per heavy atom. The minimum Gasteiger partial charge on any atom is -0.303 e. The van der Waals surface area contributed by atoms with Gasteiger partial charge in [0.1, 0.15) is 0 Å². The van der Waals surface area contributed by atoms with Crippen molar-refractivity contribution in [3.05, 3.63) is 39.6 Å². The molecule has 0 unspecified atom stereocenters. The molecular weight excluding hydrogens is 290 g/mol. The van der Waals surface area contributed by atoms with Gasteiger partial charge < -0.3 is 4.90 Å². The maximum absolute atomic E-state index is 4.43. The summed E-state index contributed by atoms with van der Waals surface area (Å²) < 4.78 is 0. The fraction of sp³-hybridized carbons (Fsp3) is 0.444. The van der Waals surface area contributed by atoms with Gasteiger partial charge in [-0.25, -0.2) is 0 Å². The SMILES string of the molecule is CCN(CC)CCC1=NN=C2CC(c3cc(C)cs3)=CC=C12. The molecule has 4 heteroatoms. The van der Waals surface area contributed by atoms with E-state index in [1.807, 2.05) is 11.3 Å². The zero-order valence-electron chi connectivity index (χ0n) is 13.6. The monoisotopic (exact) mass is 313 g/mol. The standard InChI is InChI=1S/C18H23N3S/c1-4-21(5-2)9-8-16-15-7-6-14(11-17(15)20-19-16)18-10-13(3)12-22-18/h6-7,10,12H,4-5,8-9,11H2,1-3H3. The quantitative estimate of drug-likeness (QED) is 0.769. The summed E-state index contributed by atoms with van der Waals surface area (Å²) in [6.07, 6.45) is 6.35. The van der Waals surface area contributed by atoms with E-state index < -0.39 is 0 Å². The molecule has 0 spiro atoms. The Balaban J connectivity index is 1.70. The molecule has 0 N–H and O–H groups in total. The van der Waals surface area contributed by atoms with Crippen LogP contribution in [0.2, 0.25) is 0 Å². The van der Waals surface area contributed by atoms with Gasteiger partial charge in [0, 0.05) is 29.8 Å². The van der Waals surface area contributed by atoms with Gasteiger partial charge in [-0.1, -0.05) is 26.0 Å². The lowest BCUT2D eigenvalue weighted by atomic mass is 9.92. The average molecular weight is 313 g/mol. The summed E-state index contributed by atoms with van der Waals surface area (Å²) >= 11 is 1.81. The highest BCUT2D eigenvalue weighted by molar-refractivity contribution is 7.11. The molecule has 1 aromatic rings. The Morgan fingerprint density at radius 2 is 2.00 bits per heavy atom. The van der Waals surface area contributed by atoms with Crippen molar-refractivity contribution in [1.29, 1.82) is 0 Å². The van der Waals surface area contributed by atoms with Crippen molar-refractivity contribution in [2.75, 3.05) is 19.6 Å². The van der Waals surface area contributed by atoms with Crippen LogP contribution in [0.4, 0.5) is 0 Å². The summed E-state index contributed by atoms with van der Waals surface area (Å²) in [5.41, 5.74) is 6.24. The van der Waals surface area contributed by atoms with E-state index in [1.54, 1.807) is 0 Å². The molecule has 1 aliphatic heterocycles. The number of thiophene rings is 1. The number of hydrogen-bond donors (Lipinski definition) is 0. The van der Waals surface area contributed by atoms with Gasteiger partial charge in [0.05, 0.1) is 11.4 Å². The molecule has 3 nitrogen and oxygen atoms in total. The van der Waals surface area contributed by atoms with Gasteiger partial charge in [0.2, 0.25) is 0 Å². The lowest BCUT2D eigenvalue weighted by Crippen LogP contribution is -2.26. The third-order valence-corrected chi connectivity index (χ3v) is 5.45. The van der Waals surface area contributed by atoms with E-state index in [9.17, 15) is 0 Å². The zero-order chi connectivity index (χ0) is 15.5. The van der Waals surface area contributed by atoms with E-state index in [-0.39, 0.29) is 0 Å². The van der Waals surface area contributed by atoms with E-state index in [0.29, 0.717) is 0 Å². The molecule has 1 aliphatic carbocycles. The summed E-state index contributed by atoms with van der Waals surface area (Å²) in [7, 11) is 0. The molecule has 0 atom stereocenters. The second kappa shape index (κ2) is 6.71. The third-order valence-electron chi connectivity index (χ3n) is 4.33. The smallest absolute Gasteiger partial charge is 0.0766 e.